The number of rotatable bonds is 9. The van der Waals surface area contributed by atoms with E-state index < -0.39 is 0 Å². The van der Waals surface area contributed by atoms with E-state index in [4.69, 9.17) is 4.42 Å². The maximum atomic E-state index is 6.29. The van der Waals surface area contributed by atoms with Gasteiger partial charge in [-0.25, -0.2) is 0 Å². The zero-order valence-electron chi connectivity index (χ0n) is 33.4. The van der Waals surface area contributed by atoms with Crippen molar-refractivity contribution in [3.8, 4) is 11.1 Å². The van der Waals surface area contributed by atoms with E-state index >= 15 is 0 Å². The number of nitrogens with zero attached hydrogens (tertiary/aromatic N) is 1. The molecule has 11 rings (SSSR count). The van der Waals surface area contributed by atoms with Crippen LogP contribution >= 0.6 is 0 Å². The molecular weight excluding hydrogens is 727 g/mol. The van der Waals surface area contributed by atoms with Gasteiger partial charge in [-0.3, -0.25) is 0 Å². The van der Waals surface area contributed by atoms with Gasteiger partial charge in [0.1, 0.15) is 11.2 Å². The van der Waals surface area contributed by atoms with E-state index in [1.807, 2.05) is 6.07 Å². The molecule has 0 bridgehead atoms. The first-order chi connectivity index (χ1) is 29.6. The van der Waals surface area contributed by atoms with Crippen molar-refractivity contribution in [1.82, 2.24) is 0 Å². The predicted octanol–water partition coefficient (Wildman–Crippen LogP) is 16.1. The van der Waals surface area contributed by atoms with Gasteiger partial charge in [-0.2, -0.15) is 0 Å². The van der Waals surface area contributed by atoms with Crippen LogP contribution in [0.2, 0.25) is 0 Å². The van der Waals surface area contributed by atoms with Gasteiger partial charge in [0.2, 0.25) is 0 Å². The van der Waals surface area contributed by atoms with Crippen molar-refractivity contribution in [3.63, 3.8) is 0 Å². The maximum absolute atomic E-state index is 6.29. The van der Waals surface area contributed by atoms with Gasteiger partial charge in [-0.05, 0) is 134 Å². The summed E-state index contributed by atoms with van der Waals surface area (Å²) in [5.41, 5.74) is 12.6. The number of allylic oxidation sites excluding steroid dienone is 4. The third-order valence-electron chi connectivity index (χ3n) is 12.4. The minimum absolute atomic E-state index is 0.219. The molecule has 0 saturated heterocycles. The second-order valence-corrected chi connectivity index (χ2v) is 16.1. The first-order valence-corrected chi connectivity index (χ1v) is 21.0. The number of aryl methyl sites for hydroxylation is 1. The smallest absolute Gasteiger partial charge is 0.135 e. The number of hydrogen-bond acceptors (Lipinski definition) is 2. The van der Waals surface area contributed by atoms with Crippen LogP contribution in [0.5, 0.6) is 0 Å². The highest BCUT2D eigenvalue weighted by Gasteiger charge is 2.22. The lowest BCUT2D eigenvalue weighted by Gasteiger charge is -2.30. The highest BCUT2D eigenvalue weighted by atomic mass is 16.3. The third-order valence-corrected chi connectivity index (χ3v) is 12.4. The summed E-state index contributed by atoms with van der Waals surface area (Å²) < 4.78 is 6.29. The fraction of sp³-hybridized carbons (Fsp3) is 0.0690. The van der Waals surface area contributed by atoms with Crippen LogP contribution in [-0.4, -0.2) is 0 Å². The van der Waals surface area contributed by atoms with Gasteiger partial charge in [0.15, 0.2) is 0 Å². The minimum atomic E-state index is 0.219. The van der Waals surface area contributed by atoms with Crippen molar-refractivity contribution < 1.29 is 4.42 Å². The molecular formula is C58H43NO. The van der Waals surface area contributed by atoms with Crippen LogP contribution in [0, 0.1) is 0 Å². The topological polar surface area (TPSA) is 16.4 Å². The highest BCUT2D eigenvalue weighted by Crippen LogP contribution is 2.42. The molecule has 0 aliphatic heterocycles. The van der Waals surface area contributed by atoms with Crippen LogP contribution in [0.1, 0.15) is 35.4 Å². The normalized spacial score (nSPS) is 14.0. The van der Waals surface area contributed by atoms with Crippen molar-refractivity contribution in [2.75, 3.05) is 4.90 Å². The highest BCUT2D eigenvalue weighted by molar-refractivity contribution is 6.14. The predicted molar refractivity (Wildman–Crippen MR) is 255 cm³/mol. The van der Waals surface area contributed by atoms with Gasteiger partial charge in [0.05, 0.1) is 0 Å². The lowest BCUT2D eigenvalue weighted by Crippen LogP contribution is -2.17. The summed E-state index contributed by atoms with van der Waals surface area (Å²) in [6.07, 6.45) is 9.79. The molecule has 0 fully saturated rings. The first kappa shape index (κ1) is 35.7. The number of benzene rings is 9. The van der Waals surface area contributed by atoms with Crippen LogP contribution < -0.4 is 4.90 Å². The monoisotopic (exact) mass is 769 g/mol. The summed E-state index contributed by atoms with van der Waals surface area (Å²) in [6.45, 7) is 4.63. The van der Waals surface area contributed by atoms with Crippen molar-refractivity contribution in [1.29, 1.82) is 0 Å². The second kappa shape index (κ2) is 15.1. The Bertz CT molecular complexity index is 3340. The Kier molecular flexibility index (Phi) is 8.97. The molecule has 1 unspecified atom stereocenters. The lowest BCUT2D eigenvalue weighted by atomic mass is 9.88. The van der Waals surface area contributed by atoms with Crippen LogP contribution in [0.3, 0.4) is 0 Å². The zero-order valence-corrected chi connectivity index (χ0v) is 33.4. The van der Waals surface area contributed by atoms with Crippen molar-refractivity contribution in [2.24, 2.45) is 0 Å². The van der Waals surface area contributed by atoms with Crippen molar-refractivity contribution >= 4 is 71.2 Å². The maximum Gasteiger partial charge on any atom is 0.135 e. The molecule has 0 radical (unpaired) electrons. The van der Waals surface area contributed by atoms with Gasteiger partial charge >= 0.3 is 0 Å². The van der Waals surface area contributed by atoms with E-state index in [0.29, 0.717) is 0 Å². The first-order valence-electron chi connectivity index (χ1n) is 21.0. The zero-order chi connectivity index (χ0) is 40.0. The molecule has 0 saturated carbocycles. The molecule has 0 spiro atoms. The Balaban J connectivity index is 0.974. The van der Waals surface area contributed by atoms with E-state index in [1.54, 1.807) is 0 Å². The second-order valence-electron chi connectivity index (χ2n) is 16.1. The summed E-state index contributed by atoms with van der Waals surface area (Å²) in [7, 11) is 0. The SMILES string of the molecule is C=C(CCc1ccc2ccccc2c1)c1cccc(N(C2=CCC(c3cccc4oc5ccccc5c34)C=C2)c2cccc(-c3cc4ccccc4c4ccccc34)c2)c1. The summed E-state index contributed by atoms with van der Waals surface area (Å²) in [5, 5.41) is 9.98. The number of furan rings is 1. The summed E-state index contributed by atoms with van der Waals surface area (Å²) >= 11 is 0. The molecule has 286 valence electrons. The van der Waals surface area contributed by atoms with Crippen LogP contribution in [-0.2, 0) is 6.42 Å². The van der Waals surface area contributed by atoms with Crippen molar-refractivity contribution in [2.45, 2.75) is 25.2 Å². The fourth-order valence-corrected chi connectivity index (χ4v) is 9.37. The molecule has 0 N–H and O–H groups in total. The Labute approximate surface area is 350 Å². The minimum Gasteiger partial charge on any atom is -0.456 e. The lowest BCUT2D eigenvalue weighted by molar-refractivity contribution is 0.668. The molecule has 2 heteroatoms. The van der Waals surface area contributed by atoms with Crippen LogP contribution in [0.4, 0.5) is 11.4 Å². The summed E-state index contributed by atoms with van der Waals surface area (Å²) in [4.78, 5) is 2.42. The van der Waals surface area contributed by atoms with Crippen LogP contribution in [0.25, 0.3) is 71.0 Å². The Hall–Kier alpha value is -7.42. The van der Waals surface area contributed by atoms with Gasteiger partial charge < -0.3 is 9.32 Å². The molecule has 2 nitrogen and oxygen atoms in total. The number of anilines is 2. The molecule has 10 aromatic rings. The van der Waals surface area contributed by atoms with E-state index in [2.05, 4.69) is 212 Å². The molecule has 1 aliphatic carbocycles. The average Bonchev–Trinajstić information content (AvgIpc) is 3.70. The Morgan fingerprint density at radius 1 is 0.567 bits per heavy atom. The fourth-order valence-electron chi connectivity index (χ4n) is 9.37. The van der Waals surface area contributed by atoms with Crippen LogP contribution in [0.15, 0.2) is 223 Å². The third kappa shape index (κ3) is 6.47. The van der Waals surface area contributed by atoms with E-state index in [1.165, 1.54) is 65.3 Å². The standard InChI is InChI=1S/C58H43NO/c1-39(27-28-40-29-30-41-13-2-3-14-44(41)35-40)43-16-10-18-48(36-43)59(47-33-31-42(32-34-47)51-24-12-26-57-58(51)54-23-8-9-25-56(54)60-57)49-19-11-17-45(37-49)55-38-46-15-4-5-20-50(46)52-21-6-7-22-53(52)55/h2-26,29-31,33-38,42H,1,27-28,32H2. The number of hydrogen-bond donors (Lipinski definition) is 0. The summed E-state index contributed by atoms with van der Waals surface area (Å²) in [5.74, 6) is 0.219. The van der Waals surface area contributed by atoms with E-state index in [9.17, 15) is 0 Å². The number of fused-ring (bicyclic) bond motifs is 7. The molecule has 9 aromatic carbocycles. The largest absolute Gasteiger partial charge is 0.456 e. The number of para-hydroxylation sites is 1. The quantitative estimate of drug-likeness (QED) is 0.136. The van der Waals surface area contributed by atoms with E-state index in [-0.39, 0.29) is 5.92 Å². The molecule has 1 heterocycles. The average molecular weight is 770 g/mol. The molecule has 60 heavy (non-hydrogen) atoms. The van der Waals surface area contributed by atoms with Gasteiger partial charge in [-0.1, -0.05) is 164 Å². The van der Waals surface area contributed by atoms with E-state index in [0.717, 1.165) is 58.6 Å². The summed E-state index contributed by atoms with van der Waals surface area (Å²) in [6, 6.07) is 68.1. The van der Waals surface area contributed by atoms with Gasteiger partial charge in [0, 0.05) is 33.8 Å². The van der Waals surface area contributed by atoms with Gasteiger partial charge in [0.25, 0.3) is 0 Å². The Morgan fingerprint density at radius 3 is 2.12 bits per heavy atom. The molecule has 0 amide bonds. The molecule has 1 aliphatic rings. The van der Waals surface area contributed by atoms with Crippen molar-refractivity contribution in [3.05, 3.63) is 235 Å². The Morgan fingerprint density at radius 2 is 1.27 bits per heavy atom. The molecule has 1 aromatic heterocycles. The molecule has 1 atom stereocenters. The van der Waals surface area contributed by atoms with Gasteiger partial charge in [-0.15, -0.1) is 0 Å².